The number of ether oxygens (including phenoxy) is 1. The zero-order valence-electron chi connectivity index (χ0n) is 18.0. The molecule has 2 aromatic rings. The number of rotatable bonds is 7. The lowest BCUT2D eigenvalue weighted by Gasteiger charge is -2.30. The lowest BCUT2D eigenvalue weighted by atomic mass is 9.96. The molecule has 1 heterocycles. The molecular formula is C24H31N3O3. The van der Waals surface area contributed by atoms with Crippen LogP contribution in [0.5, 0.6) is 5.75 Å². The average Bonchev–Trinajstić information content (AvgIpc) is 2.72. The van der Waals surface area contributed by atoms with E-state index >= 15 is 0 Å². The zero-order valence-corrected chi connectivity index (χ0v) is 18.0. The molecule has 6 nitrogen and oxygen atoms in total. The number of nitrogens with zero attached hydrogens (tertiary/aromatic N) is 1. The van der Waals surface area contributed by atoms with Gasteiger partial charge < -0.3 is 15.4 Å². The minimum absolute atomic E-state index is 0.00524. The maximum Gasteiger partial charge on any atom is 0.238 e. The highest BCUT2D eigenvalue weighted by Crippen LogP contribution is 2.19. The number of benzene rings is 2. The van der Waals surface area contributed by atoms with Gasteiger partial charge in [-0.1, -0.05) is 18.2 Å². The van der Waals surface area contributed by atoms with Crippen LogP contribution in [-0.2, 0) is 16.1 Å². The molecule has 0 aromatic heterocycles. The van der Waals surface area contributed by atoms with Gasteiger partial charge in [-0.25, -0.2) is 0 Å². The average molecular weight is 410 g/mol. The van der Waals surface area contributed by atoms with Crippen molar-refractivity contribution in [1.82, 2.24) is 10.2 Å². The minimum atomic E-state index is -0.0130. The van der Waals surface area contributed by atoms with Crippen molar-refractivity contribution >= 4 is 17.5 Å². The Morgan fingerprint density at radius 2 is 1.77 bits per heavy atom. The normalized spacial score (nSPS) is 14.9. The van der Waals surface area contributed by atoms with Gasteiger partial charge in [0.1, 0.15) is 5.75 Å². The van der Waals surface area contributed by atoms with E-state index in [-0.39, 0.29) is 17.7 Å². The summed E-state index contributed by atoms with van der Waals surface area (Å²) in [7, 11) is 1.63. The molecule has 3 rings (SSSR count). The summed E-state index contributed by atoms with van der Waals surface area (Å²) in [5.41, 5.74) is 4.12. The molecule has 0 radical (unpaired) electrons. The van der Waals surface area contributed by atoms with Crippen molar-refractivity contribution in [2.24, 2.45) is 5.92 Å². The maximum absolute atomic E-state index is 12.5. The van der Waals surface area contributed by atoms with Gasteiger partial charge in [0.25, 0.3) is 0 Å². The summed E-state index contributed by atoms with van der Waals surface area (Å²) in [5, 5.41) is 6.01. The quantitative estimate of drug-likeness (QED) is 0.736. The van der Waals surface area contributed by atoms with Crippen molar-refractivity contribution in [3.8, 4) is 5.75 Å². The standard InChI is InChI=1S/C24H31N3O3/c1-17-11-18(2)13-21(12-17)26-23(28)16-27-9-7-20(8-10-27)24(29)25-15-19-5-4-6-22(14-19)30-3/h4-6,11-14,20H,7-10,15-16H2,1-3H3,(H,25,29)(H,26,28). The van der Waals surface area contributed by atoms with Crippen molar-refractivity contribution in [2.75, 3.05) is 32.1 Å². The third-order valence-corrected chi connectivity index (χ3v) is 5.43. The number of hydrogen-bond donors (Lipinski definition) is 2. The fourth-order valence-corrected chi connectivity index (χ4v) is 3.92. The molecule has 160 valence electrons. The van der Waals surface area contributed by atoms with Gasteiger partial charge in [-0.15, -0.1) is 0 Å². The molecule has 0 atom stereocenters. The molecule has 1 aliphatic rings. The van der Waals surface area contributed by atoms with E-state index in [9.17, 15) is 9.59 Å². The predicted molar refractivity (Wildman–Crippen MR) is 119 cm³/mol. The number of carbonyl (C=O) groups is 2. The molecule has 1 saturated heterocycles. The zero-order chi connectivity index (χ0) is 21.5. The smallest absolute Gasteiger partial charge is 0.238 e. The van der Waals surface area contributed by atoms with E-state index in [0.717, 1.165) is 54.1 Å². The van der Waals surface area contributed by atoms with Gasteiger partial charge in [0, 0.05) is 18.2 Å². The largest absolute Gasteiger partial charge is 0.497 e. The third kappa shape index (κ3) is 6.32. The van der Waals surface area contributed by atoms with Crippen LogP contribution in [0.3, 0.4) is 0 Å². The second kappa shape index (κ2) is 10.3. The first-order valence-corrected chi connectivity index (χ1v) is 10.4. The van der Waals surface area contributed by atoms with E-state index in [4.69, 9.17) is 4.74 Å². The van der Waals surface area contributed by atoms with Crippen molar-refractivity contribution in [3.05, 3.63) is 59.2 Å². The molecular weight excluding hydrogens is 378 g/mol. The van der Waals surface area contributed by atoms with Gasteiger partial charge in [0.05, 0.1) is 13.7 Å². The summed E-state index contributed by atoms with van der Waals surface area (Å²) in [6.45, 7) is 6.38. The minimum Gasteiger partial charge on any atom is -0.497 e. The first-order valence-electron chi connectivity index (χ1n) is 10.4. The Morgan fingerprint density at radius 3 is 2.43 bits per heavy atom. The molecule has 1 fully saturated rings. The first kappa shape index (κ1) is 21.8. The molecule has 2 amide bonds. The summed E-state index contributed by atoms with van der Waals surface area (Å²) in [4.78, 5) is 27.0. The molecule has 6 heteroatoms. The Balaban J connectivity index is 1.41. The topological polar surface area (TPSA) is 70.7 Å². The number of nitrogens with one attached hydrogen (secondary N) is 2. The number of likely N-dealkylation sites (tertiary alicyclic amines) is 1. The van der Waals surface area contributed by atoms with E-state index in [1.807, 2.05) is 50.2 Å². The van der Waals surface area contributed by atoms with Crippen LogP contribution in [0.15, 0.2) is 42.5 Å². The highest BCUT2D eigenvalue weighted by Gasteiger charge is 2.25. The van der Waals surface area contributed by atoms with Crippen LogP contribution in [0.4, 0.5) is 5.69 Å². The summed E-state index contributed by atoms with van der Waals surface area (Å²) in [6, 6.07) is 13.7. The molecule has 2 aromatic carbocycles. The Labute approximate surface area is 178 Å². The van der Waals surface area contributed by atoms with Gasteiger partial charge in [0.2, 0.25) is 11.8 Å². The van der Waals surface area contributed by atoms with Crippen molar-refractivity contribution in [3.63, 3.8) is 0 Å². The van der Waals surface area contributed by atoms with Gasteiger partial charge in [-0.2, -0.15) is 0 Å². The van der Waals surface area contributed by atoms with Gasteiger partial charge in [-0.05, 0) is 80.7 Å². The molecule has 30 heavy (non-hydrogen) atoms. The van der Waals surface area contributed by atoms with Crippen LogP contribution in [0, 0.1) is 19.8 Å². The van der Waals surface area contributed by atoms with E-state index in [1.54, 1.807) is 7.11 Å². The van der Waals surface area contributed by atoms with Crippen molar-refractivity contribution < 1.29 is 14.3 Å². The van der Waals surface area contributed by atoms with Crippen molar-refractivity contribution in [2.45, 2.75) is 33.2 Å². The fourth-order valence-electron chi connectivity index (χ4n) is 3.92. The third-order valence-electron chi connectivity index (χ3n) is 5.43. The first-order chi connectivity index (χ1) is 14.4. The van der Waals surface area contributed by atoms with Crippen LogP contribution in [0.2, 0.25) is 0 Å². The lowest BCUT2D eigenvalue weighted by Crippen LogP contribution is -2.43. The molecule has 1 aliphatic heterocycles. The number of anilines is 1. The predicted octanol–water partition coefficient (Wildman–Crippen LogP) is 3.28. The van der Waals surface area contributed by atoms with Crippen LogP contribution in [0.25, 0.3) is 0 Å². The molecule has 0 unspecified atom stereocenters. The lowest BCUT2D eigenvalue weighted by molar-refractivity contribution is -0.126. The van der Waals surface area contributed by atoms with Crippen LogP contribution >= 0.6 is 0 Å². The second-order valence-electron chi connectivity index (χ2n) is 8.04. The van der Waals surface area contributed by atoms with E-state index < -0.39 is 0 Å². The molecule has 0 bridgehead atoms. The number of amides is 2. The Morgan fingerprint density at radius 1 is 1.07 bits per heavy atom. The van der Waals surface area contributed by atoms with E-state index in [2.05, 4.69) is 21.6 Å². The van der Waals surface area contributed by atoms with E-state index in [0.29, 0.717) is 13.1 Å². The van der Waals surface area contributed by atoms with Crippen molar-refractivity contribution in [1.29, 1.82) is 0 Å². The Bertz CT molecular complexity index is 869. The number of methoxy groups -OCH3 is 1. The SMILES string of the molecule is COc1cccc(CNC(=O)C2CCN(CC(=O)Nc3cc(C)cc(C)c3)CC2)c1. The monoisotopic (exact) mass is 409 g/mol. The molecule has 0 spiro atoms. The maximum atomic E-state index is 12.5. The molecule has 2 N–H and O–H groups in total. The van der Waals surface area contributed by atoms with Crippen LogP contribution in [-0.4, -0.2) is 43.5 Å². The van der Waals surface area contributed by atoms with Gasteiger partial charge in [-0.3, -0.25) is 14.5 Å². The highest BCUT2D eigenvalue weighted by atomic mass is 16.5. The van der Waals surface area contributed by atoms with Crippen LogP contribution in [0.1, 0.15) is 29.5 Å². The molecule has 0 saturated carbocycles. The number of aryl methyl sites for hydroxylation is 2. The van der Waals surface area contributed by atoms with Gasteiger partial charge >= 0.3 is 0 Å². The summed E-state index contributed by atoms with van der Waals surface area (Å²) >= 11 is 0. The summed E-state index contributed by atoms with van der Waals surface area (Å²) in [6.07, 6.45) is 1.53. The number of carbonyl (C=O) groups excluding carboxylic acids is 2. The second-order valence-corrected chi connectivity index (χ2v) is 8.04. The molecule has 0 aliphatic carbocycles. The Hall–Kier alpha value is -2.86. The number of piperidine rings is 1. The van der Waals surface area contributed by atoms with Gasteiger partial charge in [0.15, 0.2) is 0 Å². The summed E-state index contributed by atoms with van der Waals surface area (Å²) in [5.74, 6) is 0.849. The number of hydrogen-bond acceptors (Lipinski definition) is 4. The summed E-state index contributed by atoms with van der Waals surface area (Å²) < 4.78 is 5.22. The fraction of sp³-hybridized carbons (Fsp3) is 0.417. The van der Waals surface area contributed by atoms with Crippen LogP contribution < -0.4 is 15.4 Å². The van der Waals surface area contributed by atoms with E-state index in [1.165, 1.54) is 0 Å². The highest BCUT2D eigenvalue weighted by molar-refractivity contribution is 5.92. The Kier molecular flexibility index (Phi) is 7.46.